The van der Waals surface area contributed by atoms with Gasteiger partial charge in [-0.25, -0.2) is 0 Å². The molecule has 2 heteroatoms. The van der Waals surface area contributed by atoms with Crippen LogP contribution in [0.1, 0.15) is 11.1 Å². The van der Waals surface area contributed by atoms with Crippen LogP contribution in [-0.2, 0) is 6.42 Å². The zero-order valence-electron chi connectivity index (χ0n) is 10.9. The predicted octanol–water partition coefficient (Wildman–Crippen LogP) is 4.03. The third-order valence-electron chi connectivity index (χ3n) is 3.85. The monoisotopic (exact) mass is 259 g/mol. The Balaban J connectivity index is 2.00. The van der Waals surface area contributed by atoms with E-state index in [1.54, 1.807) is 12.3 Å². The van der Waals surface area contributed by atoms with E-state index in [1.807, 2.05) is 0 Å². The van der Waals surface area contributed by atoms with Crippen LogP contribution in [0.2, 0.25) is 0 Å². The highest BCUT2D eigenvalue weighted by Crippen LogP contribution is 2.42. The number of benzene rings is 2. The number of pyridine rings is 1. The third kappa shape index (κ3) is 1.62. The zero-order valence-corrected chi connectivity index (χ0v) is 10.9. The van der Waals surface area contributed by atoms with Crippen molar-refractivity contribution in [1.82, 2.24) is 4.98 Å². The van der Waals surface area contributed by atoms with E-state index in [0.717, 1.165) is 17.5 Å². The van der Waals surface area contributed by atoms with Crippen LogP contribution in [0.15, 0.2) is 60.9 Å². The van der Waals surface area contributed by atoms with Gasteiger partial charge >= 0.3 is 0 Å². The van der Waals surface area contributed by atoms with E-state index in [1.165, 1.54) is 28.5 Å². The second kappa shape index (κ2) is 4.20. The number of nitrogens with zero attached hydrogens (tertiary/aromatic N) is 1. The smallest absolute Gasteiger partial charge is 0.134 e. The molecule has 0 unspecified atom stereocenters. The van der Waals surface area contributed by atoms with Gasteiger partial charge in [0.15, 0.2) is 0 Å². The van der Waals surface area contributed by atoms with Gasteiger partial charge in [-0.15, -0.1) is 0 Å². The largest absolute Gasteiger partial charge is 0.506 e. The van der Waals surface area contributed by atoms with Crippen LogP contribution in [0.3, 0.4) is 0 Å². The van der Waals surface area contributed by atoms with Gasteiger partial charge in [0.05, 0.1) is 6.20 Å². The average Bonchev–Trinajstić information content (AvgIpc) is 2.85. The van der Waals surface area contributed by atoms with Crippen molar-refractivity contribution in [3.8, 4) is 28.0 Å². The topological polar surface area (TPSA) is 33.1 Å². The highest BCUT2D eigenvalue weighted by Gasteiger charge is 2.21. The van der Waals surface area contributed by atoms with Crippen LogP contribution < -0.4 is 0 Å². The van der Waals surface area contributed by atoms with Crippen molar-refractivity contribution in [3.63, 3.8) is 0 Å². The molecule has 0 saturated heterocycles. The Morgan fingerprint density at radius 3 is 2.55 bits per heavy atom. The molecule has 0 aliphatic heterocycles. The lowest BCUT2D eigenvalue weighted by Crippen LogP contribution is -1.86. The summed E-state index contributed by atoms with van der Waals surface area (Å²) in [6, 6.07) is 16.6. The van der Waals surface area contributed by atoms with Gasteiger partial charge < -0.3 is 5.11 Å². The Morgan fingerprint density at radius 1 is 0.850 bits per heavy atom. The summed E-state index contributed by atoms with van der Waals surface area (Å²) in [5, 5.41) is 9.66. The summed E-state index contributed by atoms with van der Waals surface area (Å²) in [6.45, 7) is 0. The van der Waals surface area contributed by atoms with Crippen LogP contribution in [0.25, 0.3) is 22.3 Å². The summed E-state index contributed by atoms with van der Waals surface area (Å²) in [4.78, 5) is 4.09. The minimum absolute atomic E-state index is 0.200. The number of hydrogen-bond donors (Lipinski definition) is 1. The van der Waals surface area contributed by atoms with Gasteiger partial charge in [-0.05, 0) is 40.3 Å². The maximum Gasteiger partial charge on any atom is 0.134 e. The molecule has 20 heavy (non-hydrogen) atoms. The molecule has 1 aliphatic rings. The molecule has 0 bridgehead atoms. The molecular weight excluding hydrogens is 246 g/mol. The molecule has 3 aromatic rings. The van der Waals surface area contributed by atoms with E-state index in [2.05, 4.69) is 47.4 Å². The Kier molecular flexibility index (Phi) is 2.36. The summed E-state index contributed by atoms with van der Waals surface area (Å²) < 4.78 is 0. The van der Waals surface area contributed by atoms with Crippen molar-refractivity contribution in [1.29, 1.82) is 0 Å². The van der Waals surface area contributed by atoms with Crippen molar-refractivity contribution in [3.05, 3.63) is 72.1 Å². The van der Waals surface area contributed by atoms with Gasteiger partial charge in [0.2, 0.25) is 0 Å². The van der Waals surface area contributed by atoms with Gasteiger partial charge in [-0.1, -0.05) is 42.5 Å². The molecule has 2 nitrogen and oxygen atoms in total. The molecule has 1 aliphatic carbocycles. The standard InChI is InChI=1S/C18H13NO/c20-15-9-14(10-19-11-15)17-7-3-5-13-8-12-4-1-2-6-16(12)18(13)17/h1-7,9-11,20H,8H2. The lowest BCUT2D eigenvalue weighted by atomic mass is 9.95. The van der Waals surface area contributed by atoms with Gasteiger partial charge in [-0.2, -0.15) is 0 Å². The Labute approximate surface area is 117 Å². The molecule has 0 saturated carbocycles. The second-order valence-electron chi connectivity index (χ2n) is 5.11. The first kappa shape index (κ1) is 11.2. The molecular formula is C18H13NO. The van der Waals surface area contributed by atoms with E-state index in [-0.39, 0.29) is 5.75 Å². The minimum atomic E-state index is 0.200. The maximum atomic E-state index is 9.66. The van der Waals surface area contributed by atoms with Gasteiger partial charge in [0, 0.05) is 11.8 Å². The Bertz CT molecular complexity index is 808. The molecule has 1 heterocycles. The fourth-order valence-corrected chi connectivity index (χ4v) is 3.00. The van der Waals surface area contributed by atoms with Crippen molar-refractivity contribution in [2.75, 3.05) is 0 Å². The SMILES string of the molecule is Oc1cncc(-c2cccc3c2-c2ccccc2C3)c1. The summed E-state index contributed by atoms with van der Waals surface area (Å²) in [5.74, 6) is 0.200. The fourth-order valence-electron chi connectivity index (χ4n) is 3.00. The van der Waals surface area contributed by atoms with E-state index in [4.69, 9.17) is 0 Å². The van der Waals surface area contributed by atoms with Crippen molar-refractivity contribution >= 4 is 0 Å². The average molecular weight is 259 g/mol. The van der Waals surface area contributed by atoms with Crippen molar-refractivity contribution in [2.24, 2.45) is 0 Å². The van der Waals surface area contributed by atoms with Crippen LogP contribution >= 0.6 is 0 Å². The van der Waals surface area contributed by atoms with E-state index in [0.29, 0.717) is 0 Å². The van der Waals surface area contributed by atoms with Crippen molar-refractivity contribution in [2.45, 2.75) is 6.42 Å². The minimum Gasteiger partial charge on any atom is -0.506 e. The molecule has 1 N–H and O–H groups in total. The molecule has 96 valence electrons. The molecule has 2 aromatic carbocycles. The van der Waals surface area contributed by atoms with Gasteiger partial charge in [-0.3, -0.25) is 4.98 Å². The highest BCUT2D eigenvalue weighted by atomic mass is 16.3. The Morgan fingerprint density at radius 2 is 1.65 bits per heavy atom. The van der Waals surface area contributed by atoms with E-state index < -0.39 is 0 Å². The number of fused-ring (bicyclic) bond motifs is 3. The number of aromatic nitrogens is 1. The van der Waals surface area contributed by atoms with Gasteiger partial charge in [0.1, 0.15) is 5.75 Å². The van der Waals surface area contributed by atoms with E-state index >= 15 is 0 Å². The first-order chi connectivity index (χ1) is 9.83. The first-order valence-corrected chi connectivity index (χ1v) is 6.67. The van der Waals surface area contributed by atoms with Crippen LogP contribution in [0, 0.1) is 0 Å². The summed E-state index contributed by atoms with van der Waals surface area (Å²) in [5.41, 5.74) is 7.36. The molecule has 0 atom stereocenters. The normalized spacial score (nSPS) is 12.0. The lowest BCUT2D eigenvalue weighted by Gasteiger charge is -2.09. The van der Waals surface area contributed by atoms with Crippen LogP contribution in [-0.4, -0.2) is 10.1 Å². The quantitative estimate of drug-likeness (QED) is 0.560. The number of hydrogen-bond acceptors (Lipinski definition) is 2. The maximum absolute atomic E-state index is 9.66. The fraction of sp³-hybridized carbons (Fsp3) is 0.0556. The lowest BCUT2D eigenvalue weighted by molar-refractivity contribution is 0.473. The molecule has 0 spiro atoms. The molecule has 0 amide bonds. The number of rotatable bonds is 1. The predicted molar refractivity (Wildman–Crippen MR) is 79.6 cm³/mol. The highest BCUT2D eigenvalue weighted by molar-refractivity contribution is 5.90. The zero-order chi connectivity index (χ0) is 13.5. The summed E-state index contributed by atoms with van der Waals surface area (Å²) in [6.07, 6.45) is 4.24. The summed E-state index contributed by atoms with van der Waals surface area (Å²) >= 11 is 0. The second-order valence-corrected chi connectivity index (χ2v) is 5.11. The molecule has 0 radical (unpaired) electrons. The van der Waals surface area contributed by atoms with Crippen molar-refractivity contribution < 1.29 is 5.11 Å². The number of aromatic hydroxyl groups is 1. The van der Waals surface area contributed by atoms with Crippen LogP contribution in [0.4, 0.5) is 0 Å². The third-order valence-corrected chi connectivity index (χ3v) is 3.85. The van der Waals surface area contributed by atoms with E-state index in [9.17, 15) is 5.11 Å². The first-order valence-electron chi connectivity index (χ1n) is 6.67. The molecule has 4 rings (SSSR count). The molecule has 1 aromatic heterocycles. The van der Waals surface area contributed by atoms with Crippen LogP contribution in [0.5, 0.6) is 5.75 Å². The summed E-state index contributed by atoms with van der Waals surface area (Å²) in [7, 11) is 0. The molecule has 0 fully saturated rings. The van der Waals surface area contributed by atoms with Gasteiger partial charge in [0.25, 0.3) is 0 Å². The Hall–Kier alpha value is -2.61.